The van der Waals surface area contributed by atoms with Crippen LogP contribution in [0.1, 0.15) is 68.3 Å². The summed E-state index contributed by atoms with van der Waals surface area (Å²) in [4.78, 5) is 43.6. The molecule has 1 fully saturated rings. The zero-order chi connectivity index (χ0) is 29.3. The van der Waals surface area contributed by atoms with Crippen molar-refractivity contribution in [2.45, 2.75) is 59.3 Å². The first-order chi connectivity index (χ1) is 19.5. The normalized spacial score (nSPS) is 16.4. The SMILES string of the molecule is Cc1[nH]c(C=C2C(=O)Nc3cc(NC(=O)Nc4cc(C(C)(C)C)on4)ccc32)c(C)c1NC(=O)CN1CCCCC1. The second-order valence-corrected chi connectivity index (χ2v) is 11.7. The van der Waals surface area contributed by atoms with Crippen LogP contribution in [-0.4, -0.2) is 52.5 Å². The standard InChI is InChI=1S/C30H37N7O4/c1-17-22(31-18(2)27(17)35-26(38)16-37-11-7-6-8-12-37)14-21-20-10-9-19(13-23(20)33-28(21)39)32-29(40)34-25-15-24(41-36-25)30(3,4)5/h9-10,13-15,31H,6-8,11-12,16H2,1-5H3,(H,33,39)(H,35,38)(H2,32,34,36,40). The van der Waals surface area contributed by atoms with Crippen LogP contribution in [0.2, 0.25) is 0 Å². The number of aryl methyl sites for hydroxylation is 1. The lowest BCUT2D eigenvalue weighted by Gasteiger charge is -2.25. The van der Waals surface area contributed by atoms with Crippen LogP contribution < -0.4 is 21.3 Å². The van der Waals surface area contributed by atoms with Gasteiger partial charge in [-0.25, -0.2) is 4.79 Å². The van der Waals surface area contributed by atoms with Crippen LogP contribution in [0.25, 0.3) is 11.6 Å². The molecule has 0 radical (unpaired) electrons. The van der Waals surface area contributed by atoms with E-state index in [2.05, 4.69) is 36.3 Å². The van der Waals surface area contributed by atoms with Gasteiger partial charge in [-0.2, -0.15) is 0 Å². The van der Waals surface area contributed by atoms with Crippen LogP contribution in [-0.2, 0) is 15.0 Å². The van der Waals surface area contributed by atoms with E-state index in [1.165, 1.54) is 6.42 Å². The first kappa shape index (κ1) is 28.2. The number of likely N-dealkylation sites (tertiary alicyclic amines) is 1. The van der Waals surface area contributed by atoms with Crippen molar-refractivity contribution >= 4 is 52.4 Å². The van der Waals surface area contributed by atoms with Crippen LogP contribution in [0.4, 0.5) is 27.7 Å². The minimum atomic E-state index is -0.480. The summed E-state index contributed by atoms with van der Waals surface area (Å²) in [5.41, 5.74) is 5.25. The fraction of sp³-hybridized carbons (Fsp3) is 0.400. The number of aromatic amines is 1. The Morgan fingerprint density at radius 2 is 1.83 bits per heavy atom. The molecular weight excluding hydrogens is 522 g/mol. The molecule has 0 saturated carbocycles. The number of rotatable bonds is 6. The van der Waals surface area contributed by atoms with Gasteiger partial charge in [0.2, 0.25) is 5.91 Å². The second-order valence-electron chi connectivity index (χ2n) is 11.7. The van der Waals surface area contributed by atoms with Crippen LogP contribution in [0, 0.1) is 13.8 Å². The number of carbonyl (C=O) groups is 3. The molecule has 2 aliphatic rings. The molecular formula is C30H37N7O4. The Morgan fingerprint density at radius 3 is 2.54 bits per heavy atom. The van der Waals surface area contributed by atoms with Crippen molar-refractivity contribution in [1.82, 2.24) is 15.0 Å². The average molecular weight is 560 g/mol. The van der Waals surface area contributed by atoms with E-state index in [4.69, 9.17) is 4.52 Å². The Hall–Kier alpha value is -4.38. The lowest BCUT2D eigenvalue weighted by Crippen LogP contribution is -2.36. The molecule has 4 amide bonds. The fourth-order valence-corrected chi connectivity index (χ4v) is 5.13. The highest BCUT2D eigenvalue weighted by Gasteiger charge is 2.26. The minimum Gasteiger partial charge on any atom is -0.359 e. The van der Waals surface area contributed by atoms with Crippen molar-refractivity contribution in [1.29, 1.82) is 0 Å². The number of nitrogens with one attached hydrogen (secondary N) is 5. The number of H-pyrrole nitrogens is 1. The Labute approximate surface area is 239 Å². The van der Waals surface area contributed by atoms with Crippen LogP contribution in [0.3, 0.4) is 0 Å². The molecule has 4 heterocycles. The van der Waals surface area contributed by atoms with Crippen molar-refractivity contribution in [3.05, 3.63) is 52.5 Å². The molecule has 1 saturated heterocycles. The van der Waals surface area contributed by atoms with Crippen molar-refractivity contribution in [2.75, 3.05) is 40.9 Å². The second kappa shape index (κ2) is 11.2. The largest absolute Gasteiger partial charge is 0.359 e. The monoisotopic (exact) mass is 559 g/mol. The number of benzene rings is 1. The number of amides is 4. The van der Waals surface area contributed by atoms with E-state index >= 15 is 0 Å². The van der Waals surface area contributed by atoms with Gasteiger partial charge in [0.25, 0.3) is 5.91 Å². The summed E-state index contributed by atoms with van der Waals surface area (Å²) < 4.78 is 5.31. The number of carbonyl (C=O) groups excluding carboxylic acids is 3. The van der Waals surface area contributed by atoms with Gasteiger partial charge in [-0.1, -0.05) is 38.4 Å². The molecule has 0 spiro atoms. The number of piperidine rings is 1. The lowest BCUT2D eigenvalue weighted by atomic mass is 9.93. The maximum Gasteiger partial charge on any atom is 0.324 e. The van der Waals surface area contributed by atoms with Gasteiger partial charge in [0, 0.05) is 34.1 Å². The highest BCUT2D eigenvalue weighted by atomic mass is 16.5. The third kappa shape index (κ3) is 6.35. The first-order valence-electron chi connectivity index (χ1n) is 13.9. The Kier molecular flexibility index (Phi) is 7.72. The van der Waals surface area contributed by atoms with E-state index in [0.717, 1.165) is 54.1 Å². The molecule has 0 bridgehead atoms. The highest BCUT2D eigenvalue weighted by molar-refractivity contribution is 6.35. The van der Waals surface area contributed by atoms with Gasteiger partial charge in [0.1, 0.15) is 5.76 Å². The summed E-state index contributed by atoms with van der Waals surface area (Å²) in [6.07, 6.45) is 5.27. The van der Waals surface area contributed by atoms with Gasteiger partial charge in [-0.3, -0.25) is 19.8 Å². The molecule has 5 rings (SSSR count). The molecule has 0 aliphatic carbocycles. The number of urea groups is 1. The molecule has 2 aromatic heterocycles. The molecule has 0 atom stereocenters. The lowest BCUT2D eigenvalue weighted by molar-refractivity contribution is -0.117. The molecule has 0 unspecified atom stereocenters. The Balaban J connectivity index is 1.27. The van der Waals surface area contributed by atoms with E-state index in [0.29, 0.717) is 35.1 Å². The third-order valence-corrected chi connectivity index (χ3v) is 7.40. The van der Waals surface area contributed by atoms with E-state index < -0.39 is 6.03 Å². The molecule has 3 aromatic rings. The molecule has 2 aliphatic heterocycles. The van der Waals surface area contributed by atoms with Gasteiger partial charge in [-0.05, 0) is 63.6 Å². The third-order valence-electron chi connectivity index (χ3n) is 7.40. The molecule has 216 valence electrons. The van der Waals surface area contributed by atoms with Crippen molar-refractivity contribution in [2.24, 2.45) is 0 Å². The van der Waals surface area contributed by atoms with E-state index in [1.54, 1.807) is 30.3 Å². The Bertz CT molecular complexity index is 1520. The van der Waals surface area contributed by atoms with Gasteiger partial charge in [0.15, 0.2) is 5.82 Å². The van der Waals surface area contributed by atoms with E-state index in [-0.39, 0.29) is 17.2 Å². The predicted molar refractivity (Wildman–Crippen MR) is 160 cm³/mol. The van der Waals surface area contributed by atoms with E-state index in [1.807, 2.05) is 34.6 Å². The molecule has 11 heteroatoms. The smallest absolute Gasteiger partial charge is 0.324 e. The maximum atomic E-state index is 12.9. The summed E-state index contributed by atoms with van der Waals surface area (Å²) in [5, 5.41) is 15.3. The number of hydrogen-bond donors (Lipinski definition) is 5. The topological polar surface area (TPSA) is 144 Å². The summed E-state index contributed by atoms with van der Waals surface area (Å²) >= 11 is 0. The van der Waals surface area contributed by atoms with Crippen molar-refractivity contribution in [3.8, 4) is 0 Å². The molecule has 5 N–H and O–H groups in total. The van der Waals surface area contributed by atoms with Crippen LogP contribution in [0.5, 0.6) is 0 Å². The molecule has 1 aromatic carbocycles. The minimum absolute atomic E-state index is 0.0393. The zero-order valence-corrected chi connectivity index (χ0v) is 24.2. The van der Waals surface area contributed by atoms with Crippen molar-refractivity contribution in [3.63, 3.8) is 0 Å². The van der Waals surface area contributed by atoms with Crippen molar-refractivity contribution < 1.29 is 18.9 Å². The number of hydrogen-bond acceptors (Lipinski definition) is 6. The summed E-state index contributed by atoms with van der Waals surface area (Å²) in [6, 6.07) is 6.43. The van der Waals surface area contributed by atoms with Gasteiger partial charge >= 0.3 is 6.03 Å². The zero-order valence-electron chi connectivity index (χ0n) is 24.2. The van der Waals surface area contributed by atoms with E-state index in [9.17, 15) is 14.4 Å². The summed E-state index contributed by atoms with van der Waals surface area (Å²) in [6.45, 7) is 12.1. The van der Waals surface area contributed by atoms with Gasteiger partial charge < -0.3 is 25.5 Å². The van der Waals surface area contributed by atoms with Gasteiger partial charge in [-0.15, -0.1) is 0 Å². The van der Waals surface area contributed by atoms with Crippen LogP contribution in [0.15, 0.2) is 28.8 Å². The fourth-order valence-electron chi connectivity index (χ4n) is 5.13. The average Bonchev–Trinajstić information content (AvgIpc) is 3.57. The van der Waals surface area contributed by atoms with Crippen LogP contribution >= 0.6 is 0 Å². The summed E-state index contributed by atoms with van der Waals surface area (Å²) in [5.74, 6) is 0.682. The molecule has 11 nitrogen and oxygen atoms in total. The summed E-state index contributed by atoms with van der Waals surface area (Å²) in [7, 11) is 0. The first-order valence-corrected chi connectivity index (χ1v) is 13.9. The number of fused-ring (bicyclic) bond motifs is 1. The quantitative estimate of drug-likeness (QED) is 0.253. The maximum absolute atomic E-state index is 12.9. The number of nitrogens with zero attached hydrogens (tertiary/aromatic N) is 2. The number of anilines is 4. The molecule has 41 heavy (non-hydrogen) atoms. The predicted octanol–water partition coefficient (Wildman–Crippen LogP) is 5.48. The highest BCUT2D eigenvalue weighted by Crippen LogP contribution is 2.36. The van der Waals surface area contributed by atoms with Gasteiger partial charge in [0.05, 0.1) is 23.5 Å². The number of aromatic nitrogens is 2. The Morgan fingerprint density at radius 1 is 1.07 bits per heavy atom.